The van der Waals surface area contributed by atoms with Crippen LogP contribution in [-0.2, 0) is 11.3 Å². The molecule has 0 saturated heterocycles. The van der Waals surface area contributed by atoms with Crippen molar-refractivity contribution in [3.63, 3.8) is 0 Å². The summed E-state index contributed by atoms with van der Waals surface area (Å²) in [5.41, 5.74) is 5.89. The van der Waals surface area contributed by atoms with Gasteiger partial charge in [-0.05, 0) is 37.6 Å². The van der Waals surface area contributed by atoms with Crippen LogP contribution in [0.2, 0.25) is 0 Å². The number of methoxy groups -OCH3 is 1. The number of hydrogen-bond donors (Lipinski definition) is 1. The predicted octanol–water partition coefficient (Wildman–Crippen LogP) is 3.44. The monoisotopic (exact) mass is 305 g/mol. The molecule has 112 valence electrons. The summed E-state index contributed by atoms with van der Waals surface area (Å²) in [7, 11) is 1.66. The Hall–Kier alpha value is -1.92. The number of rotatable bonds is 7. The molecule has 1 aromatic carbocycles. The highest BCUT2D eigenvalue weighted by atomic mass is 32.1. The number of benzene rings is 1. The van der Waals surface area contributed by atoms with Crippen LogP contribution < -0.4 is 10.2 Å². The van der Waals surface area contributed by atoms with Crippen molar-refractivity contribution in [2.45, 2.75) is 20.5 Å². The van der Waals surface area contributed by atoms with Gasteiger partial charge in [0.15, 0.2) is 0 Å². The lowest BCUT2D eigenvalue weighted by molar-refractivity contribution is 0.132. The molecule has 2 aromatic rings. The first-order valence-corrected chi connectivity index (χ1v) is 7.56. The second kappa shape index (κ2) is 7.75. The maximum atomic E-state index is 5.45. The van der Waals surface area contributed by atoms with Gasteiger partial charge in [-0.3, -0.25) is 5.43 Å². The first-order chi connectivity index (χ1) is 10.2. The SMILES string of the molecule is CCOCc1cc(C=NNc2nc(C)cs2)ccc1OC. The molecular formula is C15H19N3O2S. The summed E-state index contributed by atoms with van der Waals surface area (Å²) in [6.45, 7) is 5.12. The van der Waals surface area contributed by atoms with E-state index in [1.54, 1.807) is 13.3 Å². The number of anilines is 1. The summed E-state index contributed by atoms with van der Waals surface area (Å²) in [5.74, 6) is 0.823. The second-order valence-electron chi connectivity index (χ2n) is 4.37. The zero-order valence-corrected chi connectivity index (χ0v) is 13.2. The molecule has 0 aliphatic carbocycles. The lowest BCUT2D eigenvalue weighted by Gasteiger charge is -2.09. The number of nitrogens with zero attached hydrogens (tertiary/aromatic N) is 2. The molecule has 0 spiro atoms. The Balaban J connectivity index is 2.05. The van der Waals surface area contributed by atoms with Crippen LogP contribution in [0.15, 0.2) is 28.7 Å². The number of hydrazone groups is 1. The second-order valence-corrected chi connectivity index (χ2v) is 5.23. The largest absolute Gasteiger partial charge is 0.496 e. The number of ether oxygens (including phenoxy) is 2. The summed E-state index contributed by atoms with van der Waals surface area (Å²) < 4.78 is 10.8. The van der Waals surface area contributed by atoms with Crippen LogP contribution >= 0.6 is 11.3 Å². The smallest absolute Gasteiger partial charge is 0.203 e. The molecule has 1 heterocycles. The van der Waals surface area contributed by atoms with E-state index >= 15 is 0 Å². The van der Waals surface area contributed by atoms with E-state index in [0.29, 0.717) is 13.2 Å². The molecule has 0 amide bonds. The maximum Gasteiger partial charge on any atom is 0.203 e. The van der Waals surface area contributed by atoms with E-state index in [1.165, 1.54) is 11.3 Å². The molecule has 1 aromatic heterocycles. The van der Waals surface area contributed by atoms with Crippen molar-refractivity contribution < 1.29 is 9.47 Å². The van der Waals surface area contributed by atoms with Crippen LogP contribution in [0.4, 0.5) is 5.13 Å². The minimum atomic E-state index is 0.528. The van der Waals surface area contributed by atoms with Crippen LogP contribution in [0.3, 0.4) is 0 Å². The van der Waals surface area contributed by atoms with Crippen molar-refractivity contribution in [2.75, 3.05) is 19.1 Å². The molecule has 1 N–H and O–H groups in total. The lowest BCUT2D eigenvalue weighted by Crippen LogP contribution is -1.98. The molecule has 0 aliphatic rings. The normalized spacial score (nSPS) is 11.0. The summed E-state index contributed by atoms with van der Waals surface area (Å²) in [6, 6.07) is 5.88. The van der Waals surface area contributed by atoms with Crippen LogP contribution in [-0.4, -0.2) is 24.9 Å². The maximum absolute atomic E-state index is 5.45. The lowest BCUT2D eigenvalue weighted by atomic mass is 10.1. The summed E-state index contributed by atoms with van der Waals surface area (Å²) in [6.07, 6.45) is 1.76. The first kappa shape index (κ1) is 15.5. The van der Waals surface area contributed by atoms with Gasteiger partial charge in [0.1, 0.15) is 5.75 Å². The zero-order valence-electron chi connectivity index (χ0n) is 12.4. The van der Waals surface area contributed by atoms with E-state index in [4.69, 9.17) is 9.47 Å². The number of aromatic nitrogens is 1. The summed E-state index contributed by atoms with van der Waals surface area (Å²) >= 11 is 1.53. The Morgan fingerprint density at radius 3 is 2.95 bits per heavy atom. The third-order valence-corrected chi connectivity index (χ3v) is 3.62. The Kier molecular flexibility index (Phi) is 5.71. The predicted molar refractivity (Wildman–Crippen MR) is 86.4 cm³/mol. The quantitative estimate of drug-likeness (QED) is 0.629. The fourth-order valence-corrected chi connectivity index (χ4v) is 2.41. The van der Waals surface area contributed by atoms with Gasteiger partial charge in [0, 0.05) is 17.6 Å². The van der Waals surface area contributed by atoms with Crippen LogP contribution in [0.25, 0.3) is 0 Å². The molecule has 6 heteroatoms. The fraction of sp³-hybridized carbons (Fsp3) is 0.333. The van der Waals surface area contributed by atoms with Crippen molar-refractivity contribution in [2.24, 2.45) is 5.10 Å². The van der Waals surface area contributed by atoms with Gasteiger partial charge >= 0.3 is 0 Å². The Bertz CT molecular complexity index is 611. The molecule has 0 radical (unpaired) electrons. The van der Waals surface area contributed by atoms with Crippen molar-refractivity contribution >= 4 is 22.7 Å². The van der Waals surface area contributed by atoms with E-state index in [0.717, 1.165) is 27.7 Å². The molecule has 0 saturated carbocycles. The minimum absolute atomic E-state index is 0.528. The Morgan fingerprint density at radius 1 is 1.43 bits per heavy atom. The van der Waals surface area contributed by atoms with Gasteiger partial charge in [-0.2, -0.15) is 5.10 Å². The minimum Gasteiger partial charge on any atom is -0.496 e. The molecule has 21 heavy (non-hydrogen) atoms. The van der Waals surface area contributed by atoms with Crippen LogP contribution in [0.1, 0.15) is 23.7 Å². The number of aryl methyl sites for hydroxylation is 1. The highest BCUT2D eigenvalue weighted by Crippen LogP contribution is 2.20. The van der Waals surface area contributed by atoms with Crippen molar-refractivity contribution in [1.29, 1.82) is 0 Å². The summed E-state index contributed by atoms with van der Waals surface area (Å²) in [5, 5.41) is 6.96. The number of hydrogen-bond acceptors (Lipinski definition) is 6. The van der Waals surface area contributed by atoms with Gasteiger partial charge in [0.05, 0.1) is 25.6 Å². The van der Waals surface area contributed by atoms with Gasteiger partial charge in [0.2, 0.25) is 5.13 Å². The highest BCUT2D eigenvalue weighted by Gasteiger charge is 2.03. The van der Waals surface area contributed by atoms with E-state index in [1.807, 2.05) is 37.4 Å². The molecule has 0 unspecified atom stereocenters. The van der Waals surface area contributed by atoms with E-state index in [9.17, 15) is 0 Å². The van der Waals surface area contributed by atoms with Crippen molar-refractivity contribution in [3.8, 4) is 5.75 Å². The molecular weight excluding hydrogens is 286 g/mol. The van der Waals surface area contributed by atoms with Gasteiger partial charge in [-0.15, -0.1) is 11.3 Å². The standard InChI is InChI=1S/C15H19N3O2S/c1-4-20-9-13-7-12(5-6-14(13)19-3)8-16-18-15-17-11(2)10-21-15/h5-8,10H,4,9H2,1-3H3,(H,17,18). The van der Waals surface area contributed by atoms with E-state index < -0.39 is 0 Å². The van der Waals surface area contributed by atoms with E-state index in [-0.39, 0.29) is 0 Å². The topological polar surface area (TPSA) is 55.7 Å². The average Bonchev–Trinajstić information content (AvgIpc) is 2.91. The molecule has 0 atom stereocenters. The fourth-order valence-electron chi connectivity index (χ4n) is 1.77. The van der Waals surface area contributed by atoms with E-state index in [2.05, 4.69) is 15.5 Å². The zero-order chi connectivity index (χ0) is 15.1. The number of nitrogens with one attached hydrogen (secondary N) is 1. The molecule has 0 aliphatic heterocycles. The van der Waals surface area contributed by atoms with Crippen molar-refractivity contribution in [1.82, 2.24) is 4.98 Å². The number of thiazole rings is 1. The third-order valence-electron chi connectivity index (χ3n) is 2.76. The summed E-state index contributed by atoms with van der Waals surface area (Å²) in [4.78, 5) is 4.28. The van der Waals surface area contributed by atoms with Crippen molar-refractivity contribution in [3.05, 3.63) is 40.4 Å². The van der Waals surface area contributed by atoms with Crippen LogP contribution in [0, 0.1) is 6.92 Å². The van der Waals surface area contributed by atoms with Gasteiger partial charge < -0.3 is 9.47 Å². The molecule has 5 nitrogen and oxygen atoms in total. The Morgan fingerprint density at radius 2 is 2.29 bits per heavy atom. The first-order valence-electron chi connectivity index (χ1n) is 6.68. The molecule has 0 fully saturated rings. The van der Waals surface area contributed by atoms with Crippen LogP contribution in [0.5, 0.6) is 5.75 Å². The highest BCUT2D eigenvalue weighted by molar-refractivity contribution is 7.13. The molecule has 0 bridgehead atoms. The van der Waals surface area contributed by atoms with Gasteiger partial charge in [-0.25, -0.2) is 4.98 Å². The van der Waals surface area contributed by atoms with Gasteiger partial charge in [-0.1, -0.05) is 0 Å². The average molecular weight is 305 g/mol. The molecule has 2 rings (SSSR count). The third kappa shape index (κ3) is 4.54. The Labute approximate surface area is 128 Å². The van der Waals surface area contributed by atoms with Gasteiger partial charge in [0.25, 0.3) is 0 Å².